The second-order valence-corrected chi connectivity index (χ2v) is 9.42. The molecule has 0 radical (unpaired) electrons. The van der Waals surface area contributed by atoms with Gasteiger partial charge in [-0.2, -0.15) is 0 Å². The maximum atomic E-state index is 4.68. The van der Waals surface area contributed by atoms with Crippen LogP contribution >= 0.6 is 0 Å². The predicted octanol–water partition coefficient (Wildman–Crippen LogP) is 6.12. The molecule has 0 N–H and O–H groups in total. The van der Waals surface area contributed by atoms with Gasteiger partial charge in [-0.3, -0.25) is 9.97 Å². The Morgan fingerprint density at radius 2 is 1.35 bits per heavy atom. The van der Waals surface area contributed by atoms with Gasteiger partial charge in [-0.05, 0) is 53.6 Å². The number of aromatic nitrogens is 2. The van der Waals surface area contributed by atoms with Crippen molar-refractivity contribution in [3.63, 3.8) is 0 Å². The molecular formula is C24H30N2. The molecule has 0 aliphatic carbocycles. The molecule has 136 valence electrons. The Bertz CT molecular complexity index is 941. The summed E-state index contributed by atoms with van der Waals surface area (Å²) in [6.07, 6.45) is 4.95. The lowest BCUT2D eigenvalue weighted by Crippen LogP contribution is -2.14. The molecule has 2 heteroatoms. The van der Waals surface area contributed by atoms with Gasteiger partial charge in [0.05, 0.1) is 0 Å². The number of aryl methyl sites for hydroxylation is 1. The van der Waals surface area contributed by atoms with Gasteiger partial charge in [0, 0.05) is 40.0 Å². The van der Waals surface area contributed by atoms with Crippen molar-refractivity contribution in [3.05, 3.63) is 70.8 Å². The van der Waals surface area contributed by atoms with Crippen LogP contribution in [0.25, 0.3) is 10.8 Å². The molecule has 3 aromatic rings. The minimum atomic E-state index is 0.0686. The lowest BCUT2D eigenvalue weighted by Gasteiger charge is -2.20. The molecule has 26 heavy (non-hydrogen) atoms. The van der Waals surface area contributed by atoms with Gasteiger partial charge < -0.3 is 0 Å². The number of hydrogen-bond donors (Lipinski definition) is 0. The number of pyridine rings is 2. The molecule has 0 atom stereocenters. The van der Waals surface area contributed by atoms with Crippen LogP contribution in [0.4, 0.5) is 0 Å². The van der Waals surface area contributed by atoms with Crippen LogP contribution in [0, 0.1) is 6.92 Å². The van der Waals surface area contributed by atoms with E-state index in [0.29, 0.717) is 0 Å². The van der Waals surface area contributed by atoms with Crippen LogP contribution in [-0.2, 0) is 17.3 Å². The Balaban J connectivity index is 1.95. The third-order valence-electron chi connectivity index (χ3n) is 4.93. The normalized spacial score (nSPS) is 12.6. The Morgan fingerprint density at radius 1 is 0.731 bits per heavy atom. The summed E-state index contributed by atoms with van der Waals surface area (Å²) in [6.45, 7) is 15.4. The van der Waals surface area contributed by atoms with E-state index in [0.717, 1.165) is 17.8 Å². The van der Waals surface area contributed by atoms with Crippen LogP contribution in [0.3, 0.4) is 0 Å². The first kappa shape index (κ1) is 18.6. The Kier molecular flexibility index (Phi) is 4.64. The highest BCUT2D eigenvalue weighted by molar-refractivity contribution is 5.83. The number of nitrogens with zero attached hydrogens (tertiary/aromatic N) is 2. The third kappa shape index (κ3) is 3.95. The van der Waals surface area contributed by atoms with E-state index in [2.05, 4.69) is 88.8 Å². The van der Waals surface area contributed by atoms with Gasteiger partial charge in [0.1, 0.15) is 0 Å². The molecule has 0 aliphatic rings. The zero-order chi connectivity index (χ0) is 19.1. The molecule has 2 heterocycles. The van der Waals surface area contributed by atoms with Crippen molar-refractivity contribution < 1.29 is 0 Å². The zero-order valence-electron chi connectivity index (χ0n) is 17.1. The van der Waals surface area contributed by atoms with Crippen LogP contribution in [0.1, 0.15) is 69.6 Å². The van der Waals surface area contributed by atoms with Crippen LogP contribution in [-0.4, -0.2) is 9.97 Å². The Hall–Kier alpha value is -2.22. The quantitative estimate of drug-likeness (QED) is 0.558. The highest BCUT2D eigenvalue weighted by atomic mass is 14.7. The SMILES string of the molecule is Cc1cnc(C(C)(C)C)cc1Cc1ccc2cc(C(C)(C)C)ncc2c1. The zero-order valence-corrected chi connectivity index (χ0v) is 17.1. The van der Waals surface area contributed by atoms with Crippen molar-refractivity contribution in [2.45, 2.75) is 65.7 Å². The summed E-state index contributed by atoms with van der Waals surface area (Å²) in [7, 11) is 0. The minimum absolute atomic E-state index is 0.0686. The first-order valence-corrected chi connectivity index (χ1v) is 9.39. The van der Waals surface area contributed by atoms with Gasteiger partial charge in [0.25, 0.3) is 0 Å². The van der Waals surface area contributed by atoms with Crippen molar-refractivity contribution in [2.75, 3.05) is 0 Å². The maximum absolute atomic E-state index is 4.68. The average Bonchev–Trinajstić information content (AvgIpc) is 2.54. The molecular weight excluding hydrogens is 316 g/mol. The summed E-state index contributed by atoms with van der Waals surface area (Å²) in [5, 5.41) is 2.47. The fourth-order valence-electron chi connectivity index (χ4n) is 3.10. The number of fused-ring (bicyclic) bond motifs is 1. The minimum Gasteiger partial charge on any atom is -0.260 e. The lowest BCUT2D eigenvalue weighted by atomic mass is 9.88. The summed E-state index contributed by atoms with van der Waals surface area (Å²) in [5.41, 5.74) is 6.34. The van der Waals surface area contributed by atoms with Crippen LogP contribution in [0.15, 0.2) is 42.7 Å². The van der Waals surface area contributed by atoms with Crippen molar-refractivity contribution in [1.82, 2.24) is 9.97 Å². The fourth-order valence-corrected chi connectivity index (χ4v) is 3.10. The van der Waals surface area contributed by atoms with Gasteiger partial charge in [0.2, 0.25) is 0 Å². The molecule has 3 rings (SSSR count). The first-order valence-electron chi connectivity index (χ1n) is 9.39. The molecule has 0 spiro atoms. The average molecular weight is 347 g/mol. The van der Waals surface area contributed by atoms with Crippen molar-refractivity contribution in [3.8, 4) is 0 Å². The fraction of sp³-hybridized carbons (Fsp3) is 0.417. The summed E-state index contributed by atoms with van der Waals surface area (Å²) in [4.78, 5) is 9.30. The van der Waals surface area contributed by atoms with E-state index >= 15 is 0 Å². The third-order valence-corrected chi connectivity index (χ3v) is 4.93. The Morgan fingerprint density at radius 3 is 2.00 bits per heavy atom. The topological polar surface area (TPSA) is 25.8 Å². The molecule has 0 aliphatic heterocycles. The molecule has 1 aromatic carbocycles. The van der Waals surface area contributed by atoms with Gasteiger partial charge >= 0.3 is 0 Å². The molecule has 2 aromatic heterocycles. The van der Waals surface area contributed by atoms with E-state index in [1.165, 1.54) is 27.5 Å². The van der Waals surface area contributed by atoms with E-state index in [1.807, 2.05) is 12.4 Å². The number of benzene rings is 1. The molecule has 0 bridgehead atoms. The van der Waals surface area contributed by atoms with Crippen molar-refractivity contribution in [1.29, 1.82) is 0 Å². The van der Waals surface area contributed by atoms with Crippen molar-refractivity contribution >= 4 is 10.8 Å². The molecule has 0 unspecified atom stereocenters. The molecule has 0 saturated heterocycles. The highest BCUT2D eigenvalue weighted by Crippen LogP contribution is 2.26. The largest absolute Gasteiger partial charge is 0.260 e. The smallest absolute Gasteiger partial charge is 0.0463 e. The Labute approximate surface area is 157 Å². The number of hydrogen-bond acceptors (Lipinski definition) is 2. The predicted molar refractivity (Wildman–Crippen MR) is 111 cm³/mol. The lowest BCUT2D eigenvalue weighted by molar-refractivity contribution is 0.567. The summed E-state index contributed by atoms with van der Waals surface area (Å²) >= 11 is 0. The molecule has 0 saturated carbocycles. The van der Waals surface area contributed by atoms with Crippen molar-refractivity contribution in [2.24, 2.45) is 0 Å². The van der Waals surface area contributed by atoms with E-state index in [1.54, 1.807) is 0 Å². The van der Waals surface area contributed by atoms with E-state index in [-0.39, 0.29) is 10.8 Å². The van der Waals surface area contributed by atoms with E-state index < -0.39 is 0 Å². The van der Waals surface area contributed by atoms with Crippen LogP contribution in [0.5, 0.6) is 0 Å². The van der Waals surface area contributed by atoms with E-state index in [4.69, 9.17) is 0 Å². The second kappa shape index (κ2) is 6.50. The monoisotopic (exact) mass is 346 g/mol. The maximum Gasteiger partial charge on any atom is 0.0463 e. The summed E-state index contributed by atoms with van der Waals surface area (Å²) < 4.78 is 0. The second-order valence-electron chi connectivity index (χ2n) is 9.42. The van der Waals surface area contributed by atoms with E-state index in [9.17, 15) is 0 Å². The summed E-state index contributed by atoms with van der Waals surface area (Å²) in [5.74, 6) is 0. The summed E-state index contributed by atoms with van der Waals surface area (Å²) in [6, 6.07) is 11.2. The first-order chi connectivity index (χ1) is 12.0. The van der Waals surface area contributed by atoms with Gasteiger partial charge in [-0.1, -0.05) is 53.7 Å². The van der Waals surface area contributed by atoms with Gasteiger partial charge in [-0.15, -0.1) is 0 Å². The van der Waals surface area contributed by atoms with Crippen LogP contribution in [0.2, 0.25) is 0 Å². The molecule has 0 fully saturated rings. The van der Waals surface area contributed by atoms with Crippen LogP contribution < -0.4 is 0 Å². The number of rotatable bonds is 2. The molecule has 0 amide bonds. The molecule has 2 nitrogen and oxygen atoms in total. The standard InChI is InChI=1S/C24H30N2/c1-16-14-25-22(24(5,6)7)13-19(16)10-17-8-9-18-12-21(23(2,3)4)26-15-20(18)11-17/h8-9,11-15H,10H2,1-7H3. The van der Waals surface area contributed by atoms with Gasteiger partial charge in [-0.25, -0.2) is 0 Å². The highest BCUT2D eigenvalue weighted by Gasteiger charge is 2.17. The van der Waals surface area contributed by atoms with Gasteiger partial charge in [0.15, 0.2) is 0 Å².